The molecule has 0 spiro atoms. The van der Waals surface area contributed by atoms with E-state index in [9.17, 15) is 18.0 Å². The van der Waals surface area contributed by atoms with E-state index in [0.29, 0.717) is 22.7 Å². The summed E-state index contributed by atoms with van der Waals surface area (Å²) in [7, 11) is -3.58. The number of aryl methyl sites for hydroxylation is 1. The molecule has 0 saturated heterocycles. The first kappa shape index (κ1) is 18.9. The highest BCUT2D eigenvalue weighted by atomic mass is 32.2. The molecule has 1 atom stereocenters. The smallest absolute Gasteiger partial charge is 0.267 e. The Balaban J connectivity index is 1.87. The van der Waals surface area contributed by atoms with Gasteiger partial charge in [0, 0.05) is 11.3 Å². The van der Waals surface area contributed by atoms with Crippen molar-refractivity contribution < 1.29 is 22.7 Å². The first-order chi connectivity index (χ1) is 12.6. The lowest BCUT2D eigenvalue weighted by molar-refractivity contribution is -0.122. The van der Waals surface area contributed by atoms with E-state index in [1.54, 1.807) is 42.5 Å². The molecule has 27 heavy (non-hydrogen) atoms. The van der Waals surface area contributed by atoms with Gasteiger partial charge in [0.2, 0.25) is 10.0 Å². The number of sulfonamides is 1. The topological polar surface area (TPSA) is 92.8 Å². The zero-order valence-electron chi connectivity index (χ0n) is 15.2. The second-order valence-corrected chi connectivity index (χ2v) is 8.40. The summed E-state index contributed by atoms with van der Waals surface area (Å²) in [6.45, 7) is 3.16. The first-order valence-electron chi connectivity index (χ1n) is 8.32. The molecule has 1 heterocycles. The number of carbonyl (C=O) groups excluding carboxylic acids is 2. The summed E-state index contributed by atoms with van der Waals surface area (Å²) < 4.78 is 31.3. The van der Waals surface area contributed by atoms with Crippen molar-refractivity contribution in [3.8, 4) is 5.75 Å². The highest BCUT2D eigenvalue weighted by molar-refractivity contribution is 7.92. The minimum Gasteiger partial charge on any atom is -0.476 e. The zero-order valence-corrected chi connectivity index (χ0v) is 16.0. The molecule has 2 aromatic carbocycles. The van der Waals surface area contributed by atoms with Crippen LogP contribution in [-0.2, 0) is 14.8 Å². The fraction of sp³-hybridized carbons (Fsp3) is 0.263. The number of ether oxygens (including phenoxy) is 1. The molecule has 2 aromatic rings. The van der Waals surface area contributed by atoms with Crippen LogP contribution >= 0.6 is 0 Å². The molecule has 142 valence electrons. The second kappa shape index (κ2) is 7.03. The van der Waals surface area contributed by atoms with Crippen molar-refractivity contribution >= 4 is 33.1 Å². The van der Waals surface area contributed by atoms with Gasteiger partial charge in [-0.25, -0.2) is 8.42 Å². The van der Waals surface area contributed by atoms with Gasteiger partial charge in [0.15, 0.2) is 11.9 Å². The first-order valence-corrected chi connectivity index (χ1v) is 10.2. The number of rotatable bonds is 4. The summed E-state index contributed by atoms with van der Waals surface area (Å²) in [4.78, 5) is 24.1. The van der Waals surface area contributed by atoms with Crippen LogP contribution in [-0.4, -0.2) is 39.0 Å². The second-order valence-electron chi connectivity index (χ2n) is 6.50. The van der Waals surface area contributed by atoms with Crippen LogP contribution in [0.1, 0.15) is 22.8 Å². The Kier molecular flexibility index (Phi) is 4.93. The molecule has 0 unspecified atom stereocenters. The van der Waals surface area contributed by atoms with Crippen molar-refractivity contribution in [3.05, 3.63) is 53.6 Å². The standard InChI is InChI=1S/C19H20N2O5S/c1-12-7-8-17-16(9-12)21(27(3,24)25)11-18(26-17)19(23)20-15-6-4-5-14(10-15)13(2)22/h4-10,18H,11H2,1-3H3,(H,20,23)/t18-/m1/s1. The summed E-state index contributed by atoms with van der Waals surface area (Å²) in [5.74, 6) is -0.280. The third-order valence-corrected chi connectivity index (χ3v) is 5.36. The number of hydrogen-bond acceptors (Lipinski definition) is 5. The van der Waals surface area contributed by atoms with E-state index < -0.39 is 22.0 Å². The molecule has 0 aliphatic carbocycles. The van der Waals surface area contributed by atoms with Gasteiger partial charge in [0.05, 0.1) is 18.5 Å². The fourth-order valence-electron chi connectivity index (χ4n) is 2.85. The molecule has 1 N–H and O–H groups in total. The van der Waals surface area contributed by atoms with Crippen LogP contribution in [0.5, 0.6) is 5.75 Å². The van der Waals surface area contributed by atoms with Crippen molar-refractivity contribution in [1.82, 2.24) is 0 Å². The van der Waals surface area contributed by atoms with Gasteiger partial charge in [-0.1, -0.05) is 18.2 Å². The Hall–Kier alpha value is -2.87. The number of fused-ring (bicyclic) bond motifs is 1. The molecule has 7 nitrogen and oxygen atoms in total. The van der Waals surface area contributed by atoms with Gasteiger partial charge < -0.3 is 10.1 Å². The number of nitrogens with one attached hydrogen (secondary N) is 1. The zero-order chi connectivity index (χ0) is 19.8. The van der Waals surface area contributed by atoms with Crippen molar-refractivity contribution in [2.45, 2.75) is 20.0 Å². The van der Waals surface area contributed by atoms with Gasteiger partial charge in [0.25, 0.3) is 5.91 Å². The molecule has 0 bridgehead atoms. The van der Waals surface area contributed by atoms with Gasteiger partial charge in [-0.05, 0) is 43.7 Å². The highest BCUT2D eigenvalue weighted by Crippen LogP contribution is 2.36. The third-order valence-electron chi connectivity index (χ3n) is 4.21. The normalized spacial score (nSPS) is 16.3. The molecule has 3 rings (SSSR count). The van der Waals surface area contributed by atoms with Crippen LogP contribution in [0.25, 0.3) is 0 Å². The molecule has 1 amide bonds. The van der Waals surface area contributed by atoms with Gasteiger partial charge >= 0.3 is 0 Å². The third kappa shape index (κ3) is 4.11. The number of Topliss-reactive ketones (excluding diaryl/α,β-unsaturated/α-hetero) is 1. The van der Waals surface area contributed by atoms with Gasteiger partial charge in [-0.15, -0.1) is 0 Å². The predicted molar refractivity (Wildman–Crippen MR) is 103 cm³/mol. The van der Waals surface area contributed by atoms with Crippen LogP contribution in [0, 0.1) is 6.92 Å². The monoisotopic (exact) mass is 388 g/mol. The lowest BCUT2D eigenvalue weighted by atomic mass is 10.1. The molecule has 0 fully saturated rings. The summed E-state index contributed by atoms with van der Waals surface area (Å²) in [6, 6.07) is 11.7. The van der Waals surface area contributed by atoms with Crippen molar-refractivity contribution in [2.24, 2.45) is 0 Å². The van der Waals surface area contributed by atoms with E-state index in [0.717, 1.165) is 11.8 Å². The Labute approximate surface area is 158 Å². The molecule has 1 aliphatic rings. The maximum absolute atomic E-state index is 12.7. The largest absolute Gasteiger partial charge is 0.476 e. The molecule has 0 aromatic heterocycles. The Morgan fingerprint density at radius 2 is 1.93 bits per heavy atom. The SMILES string of the molecule is CC(=O)c1cccc(NC(=O)[C@H]2CN(S(C)(=O)=O)c3cc(C)ccc3O2)c1. The molecule has 0 radical (unpaired) electrons. The van der Waals surface area contributed by atoms with Gasteiger partial charge in [-0.3, -0.25) is 13.9 Å². The van der Waals surface area contributed by atoms with Crippen molar-refractivity contribution in [1.29, 1.82) is 0 Å². The minimum absolute atomic E-state index is 0.118. The number of nitrogens with zero attached hydrogens (tertiary/aromatic N) is 1. The minimum atomic E-state index is -3.58. The van der Waals surface area contributed by atoms with Crippen molar-refractivity contribution in [2.75, 3.05) is 22.4 Å². The molecule has 1 aliphatic heterocycles. The Morgan fingerprint density at radius 1 is 1.19 bits per heavy atom. The quantitative estimate of drug-likeness (QED) is 0.812. The van der Waals surface area contributed by atoms with Crippen LogP contribution in [0.15, 0.2) is 42.5 Å². The number of amides is 1. The average Bonchev–Trinajstić information content (AvgIpc) is 2.60. The lowest BCUT2D eigenvalue weighted by Crippen LogP contribution is -2.48. The number of anilines is 2. The summed E-state index contributed by atoms with van der Waals surface area (Å²) in [5.41, 5.74) is 2.21. The van der Waals surface area contributed by atoms with E-state index in [1.807, 2.05) is 6.92 Å². The molecule has 8 heteroatoms. The predicted octanol–water partition coefficient (Wildman–Crippen LogP) is 2.36. The molecule has 0 saturated carbocycles. The van der Waals surface area contributed by atoms with Crippen LogP contribution in [0.2, 0.25) is 0 Å². The van der Waals surface area contributed by atoms with E-state index in [1.165, 1.54) is 11.2 Å². The Morgan fingerprint density at radius 3 is 2.59 bits per heavy atom. The number of ketones is 1. The van der Waals surface area contributed by atoms with Crippen LogP contribution < -0.4 is 14.4 Å². The lowest BCUT2D eigenvalue weighted by Gasteiger charge is -2.34. The summed E-state index contributed by atoms with van der Waals surface area (Å²) >= 11 is 0. The van der Waals surface area contributed by atoms with Gasteiger partial charge in [0.1, 0.15) is 5.75 Å². The molecular weight excluding hydrogens is 368 g/mol. The average molecular weight is 388 g/mol. The summed E-state index contributed by atoms with van der Waals surface area (Å²) in [6.07, 6.45) is 0.0753. The van der Waals surface area contributed by atoms with E-state index in [4.69, 9.17) is 4.74 Å². The summed E-state index contributed by atoms with van der Waals surface area (Å²) in [5, 5.41) is 2.68. The number of benzene rings is 2. The molecular formula is C19H20N2O5S. The number of hydrogen-bond donors (Lipinski definition) is 1. The van der Waals surface area contributed by atoms with Crippen molar-refractivity contribution in [3.63, 3.8) is 0 Å². The Bertz CT molecular complexity index is 1020. The van der Waals surface area contributed by atoms with Crippen LogP contribution in [0.4, 0.5) is 11.4 Å². The van der Waals surface area contributed by atoms with E-state index in [2.05, 4.69) is 5.32 Å². The maximum Gasteiger partial charge on any atom is 0.267 e. The highest BCUT2D eigenvalue weighted by Gasteiger charge is 2.35. The fourth-order valence-corrected chi connectivity index (χ4v) is 3.76. The van der Waals surface area contributed by atoms with E-state index >= 15 is 0 Å². The number of carbonyl (C=O) groups is 2. The van der Waals surface area contributed by atoms with E-state index in [-0.39, 0.29) is 12.3 Å². The van der Waals surface area contributed by atoms with Gasteiger partial charge in [-0.2, -0.15) is 0 Å². The van der Waals surface area contributed by atoms with Crippen LogP contribution in [0.3, 0.4) is 0 Å². The maximum atomic E-state index is 12.7.